The molecule has 94 valence electrons. The van der Waals surface area contributed by atoms with Crippen molar-refractivity contribution in [1.82, 2.24) is 9.47 Å². The first-order chi connectivity index (χ1) is 7.99. The minimum Gasteiger partial charge on any atom is -0.480 e. The van der Waals surface area contributed by atoms with Crippen molar-refractivity contribution in [2.45, 2.75) is 19.3 Å². The van der Waals surface area contributed by atoms with Crippen LogP contribution in [0.2, 0.25) is 0 Å². The molecule has 0 unspecified atom stereocenters. The highest BCUT2D eigenvalue weighted by Gasteiger charge is 2.11. The van der Waals surface area contributed by atoms with Crippen molar-refractivity contribution in [3.8, 4) is 0 Å². The summed E-state index contributed by atoms with van der Waals surface area (Å²) in [6.07, 6.45) is 5.96. The molecule has 1 aromatic heterocycles. The molecule has 5 heteroatoms. The molecule has 0 aliphatic carbocycles. The van der Waals surface area contributed by atoms with Gasteiger partial charge >= 0.3 is 5.97 Å². The summed E-state index contributed by atoms with van der Waals surface area (Å²) in [4.78, 5) is 23.2. The summed E-state index contributed by atoms with van der Waals surface area (Å²) in [6.45, 7) is -0.232. The quantitative estimate of drug-likeness (QED) is 0.800. The van der Waals surface area contributed by atoms with Gasteiger partial charge in [0.1, 0.15) is 6.54 Å². The van der Waals surface area contributed by atoms with Gasteiger partial charge < -0.3 is 14.6 Å². The first-order valence-electron chi connectivity index (χ1n) is 5.55. The Morgan fingerprint density at radius 3 is 2.71 bits per heavy atom. The normalized spacial score (nSPS) is 10.2. The number of aryl methyl sites for hydroxylation is 2. The van der Waals surface area contributed by atoms with E-state index in [0.717, 1.165) is 12.8 Å². The van der Waals surface area contributed by atoms with Gasteiger partial charge in [0.15, 0.2) is 0 Å². The third-order valence-electron chi connectivity index (χ3n) is 2.55. The van der Waals surface area contributed by atoms with E-state index in [4.69, 9.17) is 5.11 Å². The largest absolute Gasteiger partial charge is 0.480 e. The summed E-state index contributed by atoms with van der Waals surface area (Å²) in [5.74, 6) is -1.10. The van der Waals surface area contributed by atoms with E-state index in [2.05, 4.69) is 0 Å². The van der Waals surface area contributed by atoms with Crippen LogP contribution in [0.1, 0.15) is 18.4 Å². The fourth-order valence-corrected chi connectivity index (χ4v) is 1.63. The molecule has 1 heterocycles. The molecule has 0 bridgehead atoms. The molecule has 5 nitrogen and oxygen atoms in total. The van der Waals surface area contributed by atoms with Crippen LogP contribution in [0.25, 0.3) is 0 Å². The molecule has 0 radical (unpaired) electrons. The van der Waals surface area contributed by atoms with Crippen LogP contribution in [0.3, 0.4) is 0 Å². The molecular weight excluding hydrogens is 220 g/mol. The highest BCUT2D eigenvalue weighted by molar-refractivity contribution is 5.80. The maximum absolute atomic E-state index is 11.5. The fraction of sp³-hybridized carbons (Fsp3) is 0.500. The molecule has 0 spiro atoms. The Balaban J connectivity index is 2.26. The zero-order valence-corrected chi connectivity index (χ0v) is 10.2. The maximum Gasteiger partial charge on any atom is 0.323 e. The molecule has 1 rings (SSSR count). The summed E-state index contributed by atoms with van der Waals surface area (Å²) >= 11 is 0. The van der Waals surface area contributed by atoms with Crippen molar-refractivity contribution in [2.75, 3.05) is 13.6 Å². The topological polar surface area (TPSA) is 62.5 Å². The van der Waals surface area contributed by atoms with Gasteiger partial charge in [0.25, 0.3) is 0 Å². The molecule has 0 aliphatic heterocycles. The Morgan fingerprint density at radius 1 is 1.47 bits per heavy atom. The van der Waals surface area contributed by atoms with Crippen molar-refractivity contribution in [1.29, 1.82) is 0 Å². The fourth-order valence-electron chi connectivity index (χ4n) is 1.63. The van der Waals surface area contributed by atoms with Gasteiger partial charge in [-0.2, -0.15) is 0 Å². The minimum atomic E-state index is -0.982. The number of carboxylic acid groups (broad SMARTS) is 1. The van der Waals surface area contributed by atoms with E-state index < -0.39 is 5.97 Å². The monoisotopic (exact) mass is 238 g/mol. The van der Waals surface area contributed by atoms with Crippen LogP contribution >= 0.6 is 0 Å². The summed E-state index contributed by atoms with van der Waals surface area (Å²) in [6, 6.07) is 2.02. The van der Waals surface area contributed by atoms with Crippen molar-refractivity contribution in [3.63, 3.8) is 0 Å². The summed E-state index contributed by atoms with van der Waals surface area (Å²) in [5.41, 5.74) is 1.20. The number of aromatic nitrogens is 1. The van der Waals surface area contributed by atoms with Crippen LogP contribution in [0.4, 0.5) is 0 Å². The van der Waals surface area contributed by atoms with E-state index in [9.17, 15) is 9.59 Å². The molecule has 0 aliphatic rings. The Kier molecular flexibility index (Phi) is 4.75. The molecule has 0 saturated carbocycles. The van der Waals surface area contributed by atoms with Crippen molar-refractivity contribution >= 4 is 11.9 Å². The van der Waals surface area contributed by atoms with Gasteiger partial charge in [0.05, 0.1) is 0 Å². The molecule has 0 aromatic carbocycles. The zero-order chi connectivity index (χ0) is 12.8. The van der Waals surface area contributed by atoms with Crippen LogP contribution in [0.5, 0.6) is 0 Å². The first kappa shape index (κ1) is 13.3. The van der Waals surface area contributed by atoms with E-state index in [1.807, 2.05) is 30.1 Å². The third-order valence-corrected chi connectivity index (χ3v) is 2.55. The van der Waals surface area contributed by atoms with Crippen LogP contribution in [0.15, 0.2) is 18.5 Å². The van der Waals surface area contributed by atoms with E-state index in [0.29, 0.717) is 6.42 Å². The van der Waals surface area contributed by atoms with E-state index in [1.165, 1.54) is 17.5 Å². The lowest BCUT2D eigenvalue weighted by molar-refractivity contribution is -0.143. The number of aliphatic carboxylic acids is 1. The number of carboxylic acids is 1. The Hall–Kier alpha value is -1.78. The Bertz CT molecular complexity index is 398. The van der Waals surface area contributed by atoms with Gasteiger partial charge in [-0.3, -0.25) is 9.59 Å². The highest BCUT2D eigenvalue weighted by Crippen LogP contribution is 2.06. The molecule has 0 saturated heterocycles. The number of rotatable bonds is 6. The Morgan fingerprint density at radius 2 is 2.18 bits per heavy atom. The van der Waals surface area contributed by atoms with Crippen molar-refractivity contribution in [2.24, 2.45) is 7.05 Å². The molecular formula is C12H18N2O3. The lowest BCUT2D eigenvalue weighted by Gasteiger charge is -2.13. The number of likely N-dealkylation sites (N-methyl/N-ethyl adjacent to an activating group) is 1. The van der Waals surface area contributed by atoms with Gasteiger partial charge in [0, 0.05) is 32.9 Å². The van der Waals surface area contributed by atoms with Gasteiger partial charge in [-0.15, -0.1) is 0 Å². The number of nitrogens with zero attached hydrogens (tertiary/aromatic N) is 2. The second-order valence-corrected chi connectivity index (χ2v) is 4.18. The van der Waals surface area contributed by atoms with E-state index in [1.54, 1.807) is 0 Å². The van der Waals surface area contributed by atoms with Crippen LogP contribution in [-0.2, 0) is 23.1 Å². The van der Waals surface area contributed by atoms with Crippen molar-refractivity contribution in [3.05, 3.63) is 24.0 Å². The predicted molar refractivity (Wildman–Crippen MR) is 63.6 cm³/mol. The van der Waals surface area contributed by atoms with E-state index in [-0.39, 0.29) is 12.5 Å². The van der Waals surface area contributed by atoms with Gasteiger partial charge in [0.2, 0.25) is 5.91 Å². The molecule has 17 heavy (non-hydrogen) atoms. The summed E-state index contributed by atoms with van der Waals surface area (Å²) in [7, 11) is 3.47. The SMILES string of the molecule is CN(CC(=O)O)C(=O)CCCc1ccn(C)c1. The highest BCUT2D eigenvalue weighted by atomic mass is 16.4. The summed E-state index contributed by atoms with van der Waals surface area (Å²) in [5, 5.41) is 8.54. The average Bonchev–Trinajstić information content (AvgIpc) is 2.63. The lowest BCUT2D eigenvalue weighted by atomic mass is 10.1. The van der Waals surface area contributed by atoms with Crippen LogP contribution < -0.4 is 0 Å². The van der Waals surface area contributed by atoms with Gasteiger partial charge in [-0.05, 0) is 24.5 Å². The standard InChI is InChI=1S/C12H18N2O3/c1-13-7-6-10(8-13)4-3-5-11(15)14(2)9-12(16)17/h6-8H,3-5,9H2,1-2H3,(H,16,17). The number of carbonyl (C=O) groups excluding carboxylic acids is 1. The number of carbonyl (C=O) groups is 2. The molecule has 1 aromatic rings. The van der Waals surface area contributed by atoms with Crippen LogP contribution in [-0.4, -0.2) is 40.0 Å². The molecule has 1 N–H and O–H groups in total. The predicted octanol–water partition coefficient (Wildman–Crippen LogP) is 0.891. The third kappa shape index (κ3) is 4.72. The summed E-state index contributed by atoms with van der Waals surface area (Å²) < 4.78 is 1.97. The molecule has 0 fully saturated rings. The lowest BCUT2D eigenvalue weighted by Crippen LogP contribution is -2.31. The second kappa shape index (κ2) is 6.08. The number of hydrogen-bond donors (Lipinski definition) is 1. The number of amides is 1. The molecule has 1 amide bonds. The van der Waals surface area contributed by atoms with Crippen molar-refractivity contribution < 1.29 is 14.7 Å². The second-order valence-electron chi connectivity index (χ2n) is 4.18. The van der Waals surface area contributed by atoms with E-state index >= 15 is 0 Å². The van der Waals surface area contributed by atoms with Crippen LogP contribution in [0, 0.1) is 0 Å². The van der Waals surface area contributed by atoms with Gasteiger partial charge in [-0.1, -0.05) is 0 Å². The Labute approximate surface area is 101 Å². The van der Waals surface area contributed by atoms with Gasteiger partial charge in [-0.25, -0.2) is 0 Å². The average molecular weight is 238 g/mol. The molecule has 0 atom stereocenters. The minimum absolute atomic E-state index is 0.122. The first-order valence-corrected chi connectivity index (χ1v) is 5.55. The smallest absolute Gasteiger partial charge is 0.323 e. The zero-order valence-electron chi connectivity index (χ0n) is 10.2. The maximum atomic E-state index is 11.5. The number of hydrogen-bond acceptors (Lipinski definition) is 2.